The van der Waals surface area contributed by atoms with Crippen molar-refractivity contribution in [2.45, 2.75) is 37.6 Å². The summed E-state index contributed by atoms with van der Waals surface area (Å²) in [6, 6.07) is 3.53. The lowest BCUT2D eigenvalue weighted by Gasteiger charge is -2.21. The maximum Gasteiger partial charge on any atom is 0.324 e. The van der Waals surface area contributed by atoms with Crippen LogP contribution in [-0.4, -0.2) is 33.4 Å². The molecule has 0 saturated carbocycles. The van der Waals surface area contributed by atoms with Crippen LogP contribution in [0, 0.1) is 5.92 Å². The zero-order valence-electron chi connectivity index (χ0n) is 13.3. The molecule has 1 aromatic carbocycles. The van der Waals surface area contributed by atoms with Gasteiger partial charge in [0.15, 0.2) is 0 Å². The van der Waals surface area contributed by atoms with E-state index in [9.17, 15) is 18.0 Å². The van der Waals surface area contributed by atoms with Crippen molar-refractivity contribution in [1.29, 1.82) is 0 Å². The first-order valence-corrected chi connectivity index (χ1v) is 8.76. The molecular weight excluding hydrogens is 320 g/mol. The van der Waals surface area contributed by atoms with Crippen LogP contribution in [0.4, 0.5) is 5.69 Å². The van der Waals surface area contributed by atoms with Crippen LogP contribution in [0.25, 0.3) is 0 Å². The van der Waals surface area contributed by atoms with E-state index in [1.165, 1.54) is 19.2 Å². The van der Waals surface area contributed by atoms with Gasteiger partial charge in [-0.15, -0.1) is 0 Å². The minimum absolute atomic E-state index is 0.0574. The summed E-state index contributed by atoms with van der Waals surface area (Å²) >= 11 is 0. The predicted octanol–water partition coefficient (Wildman–Crippen LogP) is 1.05. The molecule has 8 heteroatoms. The standard InChI is InChI=1S/C15H20N2O5S/c1-9(2)14(15(19)22-3)17-23(20,21)11-5-6-12-10(8-11)4-7-13(18)16-12/h5-6,8-9,14,17H,4,7H2,1-3H3,(H,16,18). The quantitative estimate of drug-likeness (QED) is 0.780. The van der Waals surface area contributed by atoms with Gasteiger partial charge in [0.1, 0.15) is 6.04 Å². The largest absolute Gasteiger partial charge is 0.468 e. The fraction of sp³-hybridized carbons (Fsp3) is 0.467. The highest BCUT2D eigenvalue weighted by atomic mass is 32.2. The minimum Gasteiger partial charge on any atom is -0.468 e. The van der Waals surface area contributed by atoms with E-state index in [0.29, 0.717) is 18.5 Å². The molecule has 1 atom stereocenters. The molecule has 0 bridgehead atoms. The second-order valence-electron chi connectivity index (χ2n) is 5.73. The van der Waals surface area contributed by atoms with Gasteiger partial charge in [-0.25, -0.2) is 8.42 Å². The first-order chi connectivity index (χ1) is 10.7. The lowest BCUT2D eigenvalue weighted by Crippen LogP contribution is -2.44. The van der Waals surface area contributed by atoms with E-state index in [4.69, 9.17) is 0 Å². The number of hydrogen-bond donors (Lipinski definition) is 2. The molecule has 23 heavy (non-hydrogen) atoms. The monoisotopic (exact) mass is 340 g/mol. The number of ether oxygens (including phenoxy) is 1. The van der Waals surface area contributed by atoms with E-state index < -0.39 is 22.0 Å². The molecule has 2 N–H and O–H groups in total. The smallest absolute Gasteiger partial charge is 0.324 e. The third-order valence-electron chi connectivity index (χ3n) is 3.69. The van der Waals surface area contributed by atoms with Crippen LogP contribution in [-0.2, 0) is 30.8 Å². The van der Waals surface area contributed by atoms with Gasteiger partial charge < -0.3 is 10.1 Å². The van der Waals surface area contributed by atoms with Gasteiger partial charge in [-0.2, -0.15) is 4.72 Å². The number of sulfonamides is 1. The number of methoxy groups -OCH3 is 1. The van der Waals surface area contributed by atoms with Gasteiger partial charge in [-0.3, -0.25) is 9.59 Å². The Kier molecular flexibility index (Phi) is 5.06. The van der Waals surface area contributed by atoms with Crippen LogP contribution in [0.3, 0.4) is 0 Å². The summed E-state index contributed by atoms with van der Waals surface area (Å²) in [4.78, 5) is 23.1. The Morgan fingerprint density at radius 1 is 1.30 bits per heavy atom. The average molecular weight is 340 g/mol. The number of carbonyl (C=O) groups excluding carboxylic acids is 2. The van der Waals surface area contributed by atoms with Gasteiger partial charge >= 0.3 is 5.97 Å². The molecule has 1 amide bonds. The number of nitrogens with one attached hydrogen (secondary N) is 2. The molecule has 1 aliphatic heterocycles. The number of esters is 1. The molecule has 0 aromatic heterocycles. The number of amides is 1. The molecule has 0 spiro atoms. The van der Waals surface area contributed by atoms with Crippen LogP contribution in [0.15, 0.2) is 23.1 Å². The molecule has 1 aromatic rings. The highest BCUT2D eigenvalue weighted by Crippen LogP contribution is 2.25. The van der Waals surface area contributed by atoms with Crippen molar-refractivity contribution in [2.24, 2.45) is 5.92 Å². The normalized spacial score (nSPS) is 15.7. The topological polar surface area (TPSA) is 102 Å². The Morgan fingerprint density at radius 3 is 2.61 bits per heavy atom. The number of fused-ring (bicyclic) bond motifs is 1. The van der Waals surface area contributed by atoms with Crippen molar-refractivity contribution in [2.75, 3.05) is 12.4 Å². The fourth-order valence-corrected chi connectivity index (χ4v) is 3.73. The van der Waals surface area contributed by atoms with E-state index in [1.807, 2.05) is 0 Å². The van der Waals surface area contributed by atoms with Crippen LogP contribution < -0.4 is 10.0 Å². The summed E-state index contributed by atoms with van der Waals surface area (Å²) in [5.41, 5.74) is 1.38. The van der Waals surface area contributed by atoms with Gasteiger partial charge in [-0.1, -0.05) is 13.8 Å². The number of benzene rings is 1. The van der Waals surface area contributed by atoms with Crippen molar-refractivity contribution in [1.82, 2.24) is 4.72 Å². The first-order valence-electron chi connectivity index (χ1n) is 7.27. The van der Waals surface area contributed by atoms with Crippen molar-refractivity contribution in [3.8, 4) is 0 Å². The Labute approximate surface area is 135 Å². The van der Waals surface area contributed by atoms with E-state index in [2.05, 4.69) is 14.8 Å². The van der Waals surface area contributed by atoms with Crippen molar-refractivity contribution >= 4 is 27.6 Å². The summed E-state index contributed by atoms with van der Waals surface area (Å²) in [6.45, 7) is 3.46. The zero-order chi connectivity index (χ0) is 17.2. The number of carbonyl (C=O) groups is 2. The highest BCUT2D eigenvalue weighted by Gasteiger charge is 2.29. The third kappa shape index (κ3) is 3.89. The van der Waals surface area contributed by atoms with Gasteiger partial charge in [0.2, 0.25) is 15.9 Å². The summed E-state index contributed by atoms with van der Waals surface area (Å²) in [7, 11) is -2.65. The molecule has 126 valence electrons. The number of aryl methyl sites for hydroxylation is 1. The van der Waals surface area contributed by atoms with Crippen LogP contribution in [0.5, 0.6) is 0 Å². The van der Waals surface area contributed by atoms with E-state index in [0.717, 1.165) is 5.56 Å². The first kappa shape index (κ1) is 17.4. The number of rotatable bonds is 5. The molecule has 7 nitrogen and oxygen atoms in total. The average Bonchev–Trinajstić information content (AvgIpc) is 2.51. The van der Waals surface area contributed by atoms with Crippen LogP contribution >= 0.6 is 0 Å². The second kappa shape index (κ2) is 6.67. The van der Waals surface area contributed by atoms with Gasteiger partial charge in [-0.05, 0) is 36.1 Å². The highest BCUT2D eigenvalue weighted by molar-refractivity contribution is 7.89. The van der Waals surface area contributed by atoms with Gasteiger partial charge in [0, 0.05) is 12.1 Å². The maximum atomic E-state index is 12.5. The molecule has 0 aliphatic carbocycles. The van der Waals surface area contributed by atoms with Crippen LogP contribution in [0.1, 0.15) is 25.8 Å². The zero-order valence-corrected chi connectivity index (χ0v) is 14.1. The maximum absolute atomic E-state index is 12.5. The lowest BCUT2D eigenvalue weighted by molar-refractivity contribution is -0.143. The summed E-state index contributed by atoms with van der Waals surface area (Å²) in [5.74, 6) is -0.972. The van der Waals surface area contributed by atoms with E-state index in [-0.39, 0.29) is 16.7 Å². The number of anilines is 1. The van der Waals surface area contributed by atoms with E-state index in [1.54, 1.807) is 19.9 Å². The molecule has 0 fully saturated rings. The fourth-order valence-electron chi connectivity index (χ4n) is 2.35. The van der Waals surface area contributed by atoms with E-state index >= 15 is 0 Å². The molecular formula is C15H20N2O5S. The molecule has 1 heterocycles. The SMILES string of the molecule is COC(=O)C(NS(=O)(=O)c1ccc2c(c1)CCC(=O)N2)C(C)C. The molecule has 2 rings (SSSR count). The molecule has 0 saturated heterocycles. The van der Waals surface area contributed by atoms with Crippen LogP contribution in [0.2, 0.25) is 0 Å². The predicted molar refractivity (Wildman–Crippen MR) is 84.4 cm³/mol. The summed E-state index contributed by atoms with van der Waals surface area (Å²) in [6.07, 6.45) is 0.801. The van der Waals surface area contributed by atoms with Crippen molar-refractivity contribution < 1.29 is 22.7 Å². The van der Waals surface area contributed by atoms with Gasteiger partial charge in [0.25, 0.3) is 0 Å². The van der Waals surface area contributed by atoms with Crippen molar-refractivity contribution in [3.63, 3.8) is 0 Å². The summed E-state index contributed by atoms with van der Waals surface area (Å²) in [5, 5.41) is 2.70. The molecule has 0 radical (unpaired) electrons. The Hall–Kier alpha value is -1.93. The summed E-state index contributed by atoms with van der Waals surface area (Å²) < 4.78 is 32.1. The molecule has 1 unspecified atom stereocenters. The Bertz CT molecular complexity index is 727. The number of hydrogen-bond acceptors (Lipinski definition) is 5. The second-order valence-corrected chi connectivity index (χ2v) is 7.45. The third-order valence-corrected chi connectivity index (χ3v) is 5.13. The lowest BCUT2D eigenvalue weighted by atomic mass is 10.0. The Morgan fingerprint density at radius 2 is 2.00 bits per heavy atom. The molecule has 1 aliphatic rings. The van der Waals surface area contributed by atoms with Gasteiger partial charge in [0.05, 0.1) is 12.0 Å². The Balaban J connectivity index is 2.29. The minimum atomic E-state index is -3.87. The van der Waals surface area contributed by atoms with Crippen molar-refractivity contribution in [3.05, 3.63) is 23.8 Å².